The van der Waals surface area contributed by atoms with Crippen LogP contribution in [0.15, 0.2) is 27.8 Å². The van der Waals surface area contributed by atoms with Gasteiger partial charge >= 0.3 is 0 Å². The first kappa shape index (κ1) is 11.8. The Kier molecular flexibility index (Phi) is 3.90. The van der Waals surface area contributed by atoms with E-state index in [1.807, 2.05) is 0 Å². The maximum atomic E-state index is 13.3. The number of oxime groups is 1. The molecule has 0 saturated carbocycles. The highest BCUT2D eigenvalue weighted by atomic mass is 79.9. The SMILES string of the molecule is CC(Nc1c(F)cccc1Br)/C(N)=N/O. The molecule has 0 radical (unpaired) electrons. The Morgan fingerprint density at radius 2 is 2.33 bits per heavy atom. The van der Waals surface area contributed by atoms with Crippen molar-refractivity contribution in [3.63, 3.8) is 0 Å². The number of anilines is 1. The Morgan fingerprint density at radius 1 is 1.67 bits per heavy atom. The maximum absolute atomic E-state index is 13.3. The van der Waals surface area contributed by atoms with Crippen LogP contribution in [0.4, 0.5) is 10.1 Å². The van der Waals surface area contributed by atoms with Crippen molar-refractivity contribution < 1.29 is 9.60 Å². The van der Waals surface area contributed by atoms with E-state index >= 15 is 0 Å². The van der Waals surface area contributed by atoms with Gasteiger partial charge in [0.15, 0.2) is 5.84 Å². The molecule has 0 bridgehead atoms. The molecule has 4 N–H and O–H groups in total. The number of amidine groups is 1. The smallest absolute Gasteiger partial charge is 0.161 e. The van der Waals surface area contributed by atoms with E-state index < -0.39 is 11.9 Å². The number of hydrogen-bond donors (Lipinski definition) is 3. The molecular weight excluding hydrogens is 265 g/mol. The minimum atomic E-state index is -0.455. The van der Waals surface area contributed by atoms with Gasteiger partial charge in [-0.2, -0.15) is 0 Å². The Labute approximate surface area is 95.1 Å². The Hall–Kier alpha value is -1.30. The van der Waals surface area contributed by atoms with Crippen molar-refractivity contribution in [3.05, 3.63) is 28.5 Å². The van der Waals surface area contributed by atoms with Crippen molar-refractivity contribution in [1.82, 2.24) is 0 Å². The Morgan fingerprint density at radius 3 is 2.87 bits per heavy atom. The van der Waals surface area contributed by atoms with Gasteiger partial charge in [-0.15, -0.1) is 0 Å². The van der Waals surface area contributed by atoms with Crippen molar-refractivity contribution in [3.8, 4) is 0 Å². The normalized spacial score (nSPS) is 13.7. The van der Waals surface area contributed by atoms with Gasteiger partial charge in [-0.25, -0.2) is 4.39 Å². The Bertz CT molecular complexity index is 363. The topological polar surface area (TPSA) is 70.6 Å². The van der Waals surface area contributed by atoms with Gasteiger partial charge in [-0.3, -0.25) is 0 Å². The highest BCUT2D eigenvalue weighted by Crippen LogP contribution is 2.25. The number of benzene rings is 1. The van der Waals surface area contributed by atoms with Crippen LogP contribution in [-0.4, -0.2) is 17.1 Å². The standard InChI is InChI=1S/C9H11BrFN3O/c1-5(9(12)14-15)13-8-6(10)3-2-4-7(8)11/h2-5,13,15H,1H3,(H2,12,14). The van der Waals surface area contributed by atoms with E-state index in [1.165, 1.54) is 6.07 Å². The summed E-state index contributed by atoms with van der Waals surface area (Å²) >= 11 is 3.20. The second kappa shape index (κ2) is 4.97. The quantitative estimate of drug-likeness (QED) is 0.343. The van der Waals surface area contributed by atoms with Gasteiger partial charge in [0, 0.05) is 4.47 Å². The maximum Gasteiger partial charge on any atom is 0.161 e. The number of para-hydroxylation sites is 1. The molecule has 0 amide bonds. The van der Waals surface area contributed by atoms with Crippen molar-refractivity contribution >= 4 is 27.5 Å². The summed E-state index contributed by atoms with van der Waals surface area (Å²) in [5.74, 6) is -0.410. The Balaban J connectivity index is 2.90. The minimum absolute atomic E-state index is 0.00912. The van der Waals surface area contributed by atoms with Gasteiger partial charge in [-0.05, 0) is 35.0 Å². The summed E-state index contributed by atoms with van der Waals surface area (Å²) in [6.07, 6.45) is 0. The molecule has 15 heavy (non-hydrogen) atoms. The number of nitrogens with zero attached hydrogens (tertiary/aromatic N) is 1. The monoisotopic (exact) mass is 275 g/mol. The number of hydrogen-bond acceptors (Lipinski definition) is 3. The van der Waals surface area contributed by atoms with Crippen LogP contribution in [0, 0.1) is 5.82 Å². The van der Waals surface area contributed by atoms with E-state index in [2.05, 4.69) is 26.4 Å². The van der Waals surface area contributed by atoms with Crippen LogP contribution < -0.4 is 11.1 Å². The summed E-state index contributed by atoms with van der Waals surface area (Å²) < 4.78 is 13.9. The molecule has 1 unspecified atom stereocenters. The molecule has 0 aliphatic carbocycles. The molecule has 0 heterocycles. The van der Waals surface area contributed by atoms with Gasteiger partial charge in [0.05, 0.1) is 11.7 Å². The fourth-order valence-electron chi connectivity index (χ4n) is 1.01. The third-order valence-corrected chi connectivity index (χ3v) is 2.54. The molecule has 1 aromatic carbocycles. The van der Waals surface area contributed by atoms with E-state index in [-0.39, 0.29) is 11.5 Å². The summed E-state index contributed by atoms with van der Waals surface area (Å²) in [6.45, 7) is 1.66. The zero-order valence-corrected chi connectivity index (χ0v) is 9.62. The minimum Gasteiger partial charge on any atom is -0.409 e. The second-order valence-corrected chi connectivity index (χ2v) is 3.84. The van der Waals surface area contributed by atoms with Crippen LogP contribution >= 0.6 is 15.9 Å². The lowest BCUT2D eigenvalue weighted by molar-refractivity contribution is 0.316. The molecule has 0 aliphatic rings. The van der Waals surface area contributed by atoms with E-state index in [1.54, 1.807) is 19.1 Å². The van der Waals surface area contributed by atoms with Crippen molar-refractivity contribution in [1.29, 1.82) is 0 Å². The third kappa shape index (κ3) is 2.82. The summed E-state index contributed by atoms with van der Waals surface area (Å²) in [4.78, 5) is 0. The molecule has 4 nitrogen and oxygen atoms in total. The average Bonchev–Trinajstić information content (AvgIpc) is 2.22. The largest absolute Gasteiger partial charge is 0.409 e. The molecule has 0 fully saturated rings. The number of nitrogens with two attached hydrogens (primary N) is 1. The van der Waals surface area contributed by atoms with Crippen molar-refractivity contribution in [2.24, 2.45) is 10.9 Å². The van der Waals surface area contributed by atoms with Crippen molar-refractivity contribution in [2.75, 3.05) is 5.32 Å². The number of nitrogens with one attached hydrogen (secondary N) is 1. The summed E-state index contributed by atoms with van der Waals surface area (Å²) in [6, 6.07) is 4.15. The number of rotatable bonds is 3. The first-order valence-corrected chi connectivity index (χ1v) is 5.03. The third-order valence-electron chi connectivity index (χ3n) is 1.88. The van der Waals surface area contributed by atoms with E-state index in [0.29, 0.717) is 4.47 Å². The lowest BCUT2D eigenvalue weighted by atomic mass is 10.2. The summed E-state index contributed by atoms with van der Waals surface area (Å²) in [7, 11) is 0. The zero-order chi connectivity index (χ0) is 11.4. The van der Waals surface area contributed by atoms with E-state index in [0.717, 1.165) is 0 Å². The van der Waals surface area contributed by atoms with Gasteiger partial charge in [0.1, 0.15) is 5.82 Å². The first-order chi connectivity index (χ1) is 7.06. The molecule has 6 heteroatoms. The summed E-state index contributed by atoms with van der Waals surface area (Å²) in [5, 5.41) is 14.1. The van der Waals surface area contributed by atoms with Gasteiger partial charge < -0.3 is 16.3 Å². The lowest BCUT2D eigenvalue weighted by Gasteiger charge is -2.15. The predicted octanol–water partition coefficient (Wildman–Crippen LogP) is 2.13. The molecule has 82 valence electrons. The fourth-order valence-corrected chi connectivity index (χ4v) is 1.47. The highest BCUT2D eigenvalue weighted by Gasteiger charge is 2.12. The van der Waals surface area contributed by atoms with E-state index in [9.17, 15) is 4.39 Å². The molecule has 1 aromatic rings. The lowest BCUT2D eigenvalue weighted by Crippen LogP contribution is -2.33. The van der Waals surface area contributed by atoms with Crippen LogP contribution in [0.2, 0.25) is 0 Å². The molecule has 0 spiro atoms. The second-order valence-electron chi connectivity index (χ2n) is 2.99. The number of halogens is 2. The molecule has 1 rings (SSSR count). The van der Waals surface area contributed by atoms with Crippen LogP contribution in [0.5, 0.6) is 0 Å². The molecule has 0 saturated heterocycles. The van der Waals surface area contributed by atoms with Crippen LogP contribution in [0.25, 0.3) is 0 Å². The molecule has 0 aliphatic heterocycles. The van der Waals surface area contributed by atoms with Crippen molar-refractivity contribution in [2.45, 2.75) is 13.0 Å². The van der Waals surface area contributed by atoms with Crippen LogP contribution in [-0.2, 0) is 0 Å². The van der Waals surface area contributed by atoms with E-state index in [4.69, 9.17) is 10.9 Å². The van der Waals surface area contributed by atoms with Gasteiger partial charge in [0.2, 0.25) is 0 Å². The zero-order valence-electron chi connectivity index (χ0n) is 8.04. The average molecular weight is 276 g/mol. The van der Waals surface area contributed by atoms with Gasteiger partial charge in [-0.1, -0.05) is 11.2 Å². The molecule has 0 aromatic heterocycles. The highest BCUT2D eigenvalue weighted by molar-refractivity contribution is 9.10. The first-order valence-electron chi connectivity index (χ1n) is 4.24. The summed E-state index contributed by atoms with van der Waals surface area (Å²) in [5.41, 5.74) is 5.65. The predicted molar refractivity (Wildman–Crippen MR) is 60.6 cm³/mol. The van der Waals surface area contributed by atoms with Crippen LogP contribution in [0.3, 0.4) is 0 Å². The van der Waals surface area contributed by atoms with Crippen LogP contribution in [0.1, 0.15) is 6.92 Å². The molecular formula is C9H11BrFN3O. The fraction of sp³-hybridized carbons (Fsp3) is 0.222. The molecule has 1 atom stereocenters. The van der Waals surface area contributed by atoms with Gasteiger partial charge in [0.25, 0.3) is 0 Å².